The van der Waals surface area contributed by atoms with Crippen molar-refractivity contribution in [2.75, 3.05) is 0 Å². The molecule has 5 nitrogen and oxygen atoms in total. The Hall–Kier alpha value is -3.61. The summed E-state index contributed by atoms with van der Waals surface area (Å²) in [6, 6.07) is 13.7. The van der Waals surface area contributed by atoms with Gasteiger partial charge in [-0.2, -0.15) is 5.10 Å². The number of aromatic nitrogens is 3. The van der Waals surface area contributed by atoms with Gasteiger partial charge in [-0.05, 0) is 55.8 Å². The van der Waals surface area contributed by atoms with E-state index in [9.17, 15) is 13.6 Å². The topological polar surface area (TPSA) is 59.8 Å². The Balaban J connectivity index is 1.73. The Kier molecular flexibility index (Phi) is 4.80. The molecule has 0 atom stereocenters. The number of nitrogens with one attached hydrogen (secondary N) is 1. The number of carbonyl (C=O) groups excluding carboxylic acids is 1. The lowest BCUT2D eigenvalue weighted by Gasteiger charge is -2.09. The van der Waals surface area contributed by atoms with Crippen molar-refractivity contribution in [3.05, 3.63) is 88.7 Å². The lowest BCUT2D eigenvalue weighted by atomic mass is 10.1. The fourth-order valence-electron chi connectivity index (χ4n) is 3.26. The van der Waals surface area contributed by atoms with Gasteiger partial charge in [-0.25, -0.2) is 18.4 Å². The van der Waals surface area contributed by atoms with E-state index in [4.69, 9.17) is 0 Å². The Labute approximate surface area is 166 Å². The van der Waals surface area contributed by atoms with Gasteiger partial charge in [0, 0.05) is 12.2 Å². The highest BCUT2D eigenvalue weighted by molar-refractivity contribution is 6.06. The SMILES string of the molecule is Cc1cc(C(=O)NCc2ccc(F)cc2)c2c(C)nn(-c3cccc(F)c3)c2n1. The number of benzene rings is 2. The number of hydrogen-bond acceptors (Lipinski definition) is 3. The van der Waals surface area contributed by atoms with Crippen LogP contribution in [0.5, 0.6) is 0 Å². The largest absolute Gasteiger partial charge is 0.348 e. The molecule has 4 aromatic rings. The molecule has 2 aromatic carbocycles. The van der Waals surface area contributed by atoms with Gasteiger partial charge in [0.1, 0.15) is 11.6 Å². The first kappa shape index (κ1) is 18.7. The fraction of sp³-hybridized carbons (Fsp3) is 0.136. The Morgan fingerprint density at radius 3 is 2.52 bits per heavy atom. The van der Waals surface area contributed by atoms with Crippen LogP contribution < -0.4 is 5.32 Å². The normalized spacial score (nSPS) is 11.0. The van der Waals surface area contributed by atoms with E-state index in [0.717, 1.165) is 5.56 Å². The maximum absolute atomic E-state index is 13.7. The van der Waals surface area contributed by atoms with Crippen LogP contribution >= 0.6 is 0 Å². The average Bonchev–Trinajstić information content (AvgIpc) is 3.03. The molecule has 1 amide bonds. The molecular weight excluding hydrogens is 374 g/mol. The van der Waals surface area contributed by atoms with Crippen LogP contribution in [0, 0.1) is 25.5 Å². The molecule has 0 aliphatic rings. The standard InChI is InChI=1S/C22H18F2N4O/c1-13-10-19(22(29)25-12-15-6-8-16(23)9-7-15)20-14(2)27-28(21(20)26-13)18-5-3-4-17(24)11-18/h3-11H,12H2,1-2H3,(H,25,29). The molecule has 0 unspecified atom stereocenters. The predicted molar refractivity (Wildman–Crippen MR) is 106 cm³/mol. The number of nitrogens with zero attached hydrogens (tertiary/aromatic N) is 3. The molecule has 0 saturated carbocycles. The van der Waals surface area contributed by atoms with E-state index in [-0.39, 0.29) is 24.1 Å². The molecule has 0 radical (unpaired) electrons. The number of halogens is 2. The van der Waals surface area contributed by atoms with Gasteiger partial charge < -0.3 is 5.32 Å². The number of hydrogen-bond donors (Lipinski definition) is 1. The Bertz CT molecular complexity index is 1220. The van der Waals surface area contributed by atoms with E-state index < -0.39 is 0 Å². The number of aryl methyl sites for hydroxylation is 2. The lowest BCUT2D eigenvalue weighted by Crippen LogP contribution is -2.23. The quantitative estimate of drug-likeness (QED) is 0.565. The average molecular weight is 392 g/mol. The van der Waals surface area contributed by atoms with Crippen molar-refractivity contribution in [3.8, 4) is 5.69 Å². The maximum Gasteiger partial charge on any atom is 0.252 e. The number of amides is 1. The second-order valence-corrected chi connectivity index (χ2v) is 6.80. The number of rotatable bonds is 4. The minimum Gasteiger partial charge on any atom is -0.348 e. The third-order valence-electron chi connectivity index (χ3n) is 4.60. The molecule has 1 N–H and O–H groups in total. The molecule has 2 heterocycles. The van der Waals surface area contributed by atoms with Crippen LogP contribution in [0.2, 0.25) is 0 Å². The molecule has 2 aromatic heterocycles. The summed E-state index contributed by atoms with van der Waals surface area (Å²) in [5.41, 5.74) is 3.49. The second-order valence-electron chi connectivity index (χ2n) is 6.80. The van der Waals surface area contributed by atoms with Crippen molar-refractivity contribution in [3.63, 3.8) is 0 Å². The smallest absolute Gasteiger partial charge is 0.252 e. The van der Waals surface area contributed by atoms with Crippen LogP contribution in [-0.4, -0.2) is 20.7 Å². The molecule has 0 aliphatic heterocycles. The minimum atomic E-state index is -0.381. The Morgan fingerprint density at radius 1 is 1.03 bits per heavy atom. The monoisotopic (exact) mass is 392 g/mol. The summed E-state index contributed by atoms with van der Waals surface area (Å²) in [6.45, 7) is 3.83. The van der Waals surface area contributed by atoms with Gasteiger partial charge in [-0.1, -0.05) is 18.2 Å². The third kappa shape index (κ3) is 3.71. The van der Waals surface area contributed by atoms with Crippen LogP contribution in [0.4, 0.5) is 8.78 Å². The van der Waals surface area contributed by atoms with Crippen LogP contribution in [0.25, 0.3) is 16.7 Å². The van der Waals surface area contributed by atoms with E-state index >= 15 is 0 Å². The molecule has 7 heteroatoms. The van der Waals surface area contributed by atoms with E-state index in [1.807, 2.05) is 0 Å². The summed E-state index contributed by atoms with van der Waals surface area (Å²) >= 11 is 0. The minimum absolute atomic E-state index is 0.263. The van der Waals surface area contributed by atoms with Crippen LogP contribution in [0.1, 0.15) is 27.3 Å². The van der Waals surface area contributed by atoms with Crippen LogP contribution in [0.15, 0.2) is 54.6 Å². The lowest BCUT2D eigenvalue weighted by molar-refractivity contribution is 0.0952. The van der Waals surface area contributed by atoms with E-state index in [1.54, 1.807) is 44.2 Å². The van der Waals surface area contributed by atoms with Gasteiger partial charge in [0.15, 0.2) is 5.65 Å². The van der Waals surface area contributed by atoms with Gasteiger partial charge in [-0.15, -0.1) is 0 Å². The summed E-state index contributed by atoms with van der Waals surface area (Å²) in [7, 11) is 0. The molecular formula is C22H18F2N4O. The van der Waals surface area contributed by atoms with Gasteiger partial charge in [0.2, 0.25) is 0 Å². The zero-order valence-corrected chi connectivity index (χ0v) is 15.9. The molecule has 4 rings (SSSR count). The summed E-state index contributed by atoms with van der Waals surface area (Å²) in [5, 5.41) is 7.94. The summed E-state index contributed by atoms with van der Waals surface area (Å²) in [5.74, 6) is -0.993. The zero-order chi connectivity index (χ0) is 20.5. The van der Waals surface area contributed by atoms with Crippen molar-refractivity contribution in [1.82, 2.24) is 20.1 Å². The molecule has 0 aliphatic carbocycles. The first-order chi connectivity index (χ1) is 13.9. The summed E-state index contributed by atoms with van der Waals surface area (Å²) in [6.07, 6.45) is 0. The van der Waals surface area contributed by atoms with Crippen molar-refractivity contribution in [2.45, 2.75) is 20.4 Å². The third-order valence-corrected chi connectivity index (χ3v) is 4.60. The zero-order valence-electron chi connectivity index (χ0n) is 15.9. The molecule has 0 fully saturated rings. The first-order valence-electron chi connectivity index (χ1n) is 9.08. The number of fused-ring (bicyclic) bond motifs is 1. The van der Waals surface area contributed by atoms with Gasteiger partial charge in [0.05, 0.1) is 22.3 Å². The van der Waals surface area contributed by atoms with Gasteiger partial charge in [0.25, 0.3) is 5.91 Å². The predicted octanol–water partition coefficient (Wildman–Crippen LogP) is 4.25. The number of carbonyl (C=O) groups is 1. The first-order valence-corrected chi connectivity index (χ1v) is 9.08. The highest BCUT2D eigenvalue weighted by atomic mass is 19.1. The molecule has 0 saturated heterocycles. The van der Waals surface area contributed by atoms with Crippen molar-refractivity contribution >= 4 is 16.9 Å². The van der Waals surface area contributed by atoms with Gasteiger partial charge in [-0.3, -0.25) is 4.79 Å². The highest BCUT2D eigenvalue weighted by Gasteiger charge is 2.19. The molecule has 0 bridgehead atoms. The highest BCUT2D eigenvalue weighted by Crippen LogP contribution is 2.25. The molecule has 146 valence electrons. The van der Waals surface area contributed by atoms with Crippen molar-refractivity contribution in [1.29, 1.82) is 0 Å². The summed E-state index contributed by atoms with van der Waals surface area (Å²) in [4.78, 5) is 17.4. The number of pyridine rings is 1. The van der Waals surface area contributed by atoms with Crippen molar-refractivity contribution in [2.24, 2.45) is 0 Å². The van der Waals surface area contributed by atoms with E-state index in [2.05, 4.69) is 15.4 Å². The van der Waals surface area contributed by atoms with Gasteiger partial charge >= 0.3 is 0 Å². The van der Waals surface area contributed by atoms with Crippen molar-refractivity contribution < 1.29 is 13.6 Å². The summed E-state index contributed by atoms with van der Waals surface area (Å²) < 4.78 is 28.3. The maximum atomic E-state index is 13.7. The molecule has 29 heavy (non-hydrogen) atoms. The van der Waals surface area contributed by atoms with Crippen LogP contribution in [0.3, 0.4) is 0 Å². The fourth-order valence-corrected chi connectivity index (χ4v) is 3.26. The second kappa shape index (κ2) is 7.43. The van der Waals surface area contributed by atoms with E-state index in [1.165, 1.54) is 28.9 Å². The Morgan fingerprint density at radius 2 is 1.79 bits per heavy atom. The molecule has 0 spiro atoms. The van der Waals surface area contributed by atoms with E-state index in [0.29, 0.717) is 33.7 Å². The van der Waals surface area contributed by atoms with Crippen LogP contribution in [-0.2, 0) is 6.54 Å².